The SMILES string of the molecule is C=C.Cc1cc(C(F)(F)F)c(C(=O)NC(=O)NCc2ccccc2)cc1OCc1ccccc1. The van der Waals surface area contributed by atoms with Crippen molar-refractivity contribution < 1.29 is 27.5 Å². The Labute approximate surface area is 196 Å². The molecule has 0 saturated carbocycles. The van der Waals surface area contributed by atoms with Crippen molar-refractivity contribution in [3.63, 3.8) is 0 Å². The van der Waals surface area contributed by atoms with Crippen molar-refractivity contribution in [2.45, 2.75) is 26.3 Å². The number of hydrogen-bond acceptors (Lipinski definition) is 3. The number of amides is 3. The third-order valence-electron chi connectivity index (χ3n) is 4.63. The number of alkyl halides is 3. The van der Waals surface area contributed by atoms with E-state index in [9.17, 15) is 22.8 Å². The molecule has 3 aromatic carbocycles. The molecule has 0 aromatic heterocycles. The van der Waals surface area contributed by atoms with Crippen LogP contribution in [0.3, 0.4) is 0 Å². The first-order valence-corrected chi connectivity index (χ1v) is 10.3. The summed E-state index contributed by atoms with van der Waals surface area (Å²) in [6.07, 6.45) is -4.78. The Morgan fingerprint density at radius 2 is 1.47 bits per heavy atom. The van der Waals surface area contributed by atoms with Crippen LogP contribution in [0.15, 0.2) is 86.0 Å². The highest BCUT2D eigenvalue weighted by Gasteiger charge is 2.36. The molecule has 0 saturated heterocycles. The van der Waals surface area contributed by atoms with E-state index in [1.54, 1.807) is 30.3 Å². The maximum Gasteiger partial charge on any atom is 0.417 e. The molecule has 0 atom stereocenters. The average molecular weight is 470 g/mol. The van der Waals surface area contributed by atoms with Gasteiger partial charge >= 0.3 is 12.2 Å². The van der Waals surface area contributed by atoms with Gasteiger partial charge in [0.25, 0.3) is 5.91 Å². The normalized spacial score (nSPS) is 10.5. The fourth-order valence-electron chi connectivity index (χ4n) is 2.99. The molecule has 5 nitrogen and oxygen atoms in total. The fraction of sp³-hybridized carbons (Fsp3) is 0.154. The van der Waals surface area contributed by atoms with Gasteiger partial charge in [-0.2, -0.15) is 13.2 Å². The van der Waals surface area contributed by atoms with Crippen molar-refractivity contribution in [2.75, 3.05) is 0 Å². The summed E-state index contributed by atoms with van der Waals surface area (Å²) in [6.45, 7) is 7.70. The lowest BCUT2D eigenvalue weighted by molar-refractivity contribution is -0.138. The van der Waals surface area contributed by atoms with Gasteiger partial charge in [-0.1, -0.05) is 60.7 Å². The Kier molecular flexibility index (Phi) is 9.43. The number of aryl methyl sites for hydroxylation is 1. The number of carbonyl (C=O) groups excluding carboxylic acids is 2. The minimum absolute atomic E-state index is 0.116. The zero-order chi connectivity index (χ0) is 25.1. The summed E-state index contributed by atoms with van der Waals surface area (Å²) in [5, 5.41) is 4.40. The molecule has 3 rings (SSSR count). The zero-order valence-corrected chi connectivity index (χ0v) is 18.6. The van der Waals surface area contributed by atoms with Gasteiger partial charge in [-0.25, -0.2) is 4.79 Å². The molecule has 2 N–H and O–H groups in total. The summed E-state index contributed by atoms with van der Waals surface area (Å²) in [5.41, 5.74) is -0.0223. The lowest BCUT2D eigenvalue weighted by atomic mass is 10.0. The van der Waals surface area contributed by atoms with Crippen LogP contribution in [0.2, 0.25) is 0 Å². The van der Waals surface area contributed by atoms with Crippen LogP contribution in [0.4, 0.5) is 18.0 Å². The first-order valence-electron chi connectivity index (χ1n) is 10.3. The minimum atomic E-state index is -4.78. The summed E-state index contributed by atoms with van der Waals surface area (Å²) in [4.78, 5) is 24.6. The van der Waals surface area contributed by atoms with Gasteiger partial charge in [0.2, 0.25) is 0 Å². The Balaban J connectivity index is 0.00000199. The van der Waals surface area contributed by atoms with Crippen molar-refractivity contribution >= 4 is 11.9 Å². The number of imide groups is 1. The molecule has 8 heteroatoms. The van der Waals surface area contributed by atoms with Gasteiger partial charge in [-0.15, -0.1) is 13.2 Å². The first-order chi connectivity index (χ1) is 16.2. The van der Waals surface area contributed by atoms with Crippen LogP contribution in [0.5, 0.6) is 5.75 Å². The lowest BCUT2D eigenvalue weighted by Crippen LogP contribution is -2.39. The highest BCUT2D eigenvalue weighted by molar-refractivity contribution is 6.05. The highest BCUT2D eigenvalue weighted by atomic mass is 19.4. The molecule has 0 aliphatic rings. The van der Waals surface area contributed by atoms with Crippen LogP contribution in [0.1, 0.15) is 32.6 Å². The predicted molar refractivity (Wildman–Crippen MR) is 124 cm³/mol. The van der Waals surface area contributed by atoms with E-state index < -0.39 is 29.2 Å². The van der Waals surface area contributed by atoms with Crippen molar-refractivity contribution in [3.05, 3.63) is 114 Å². The molecule has 0 bridgehead atoms. The Morgan fingerprint density at radius 1 is 0.912 bits per heavy atom. The van der Waals surface area contributed by atoms with Gasteiger partial charge in [-0.3, -0.25) is 10.1 Å². The summed E-state index contributed by atoms with van der Waals surface area (Å²) in [5.74, 6) is -1.05. The standard InChI is InChI=1S/C24H21F3N2O3.C2H4/c1-16-12-20(24(25,26)27)19(13-21(16)32-15-18-10-6-3-7-11-18)22(30)29-23(31)28-14-17-8-4-2-5-9-17;1-2/h2-13H,14-15H2,1H3,(H2,28,29,30,31);1-2H2. The first kappa shape index (κ1) is 26.2. The maximum atomic E-state index is 13.6. The quantitative estimate of drug-likeness (QED) is 0.432. The third-order valence-corrected chi connectivity index (χ3v) is 4.63. The van der Waals surface area contributed by atoms with Gasteiger partial charge in [0.1, 0.15) is 12.4 Å². The number of ether oxygens (including phenoxy) is 1. The monoisotopic (exact) mass is 470 g/mol. The van der Waals surface area contributed by atoms with E-state index in [2.05, 4.69) is 18.5 Å². The van der Waals surface area contributed by atoms with Crippen LogP contribution in [0.25, 0.3) is 0 Å². The van der Waals surface area contributed by atoms with E-state index in [1.165, 1.54) is 6.92 Å². The largest absolute Gasteiger partial charge is 0.489 e. The van der Waals surface area contributed by atoms with Gasteiger partial charge in [0.05, 0.1) is 11.1 Å². The fourth-order valence-corrected chi connectivity index (χ4v) is 2.99. The molecule has 0 fully saturated rings. The van der Waals surface area contributed by atoms with E-state index in [0.29, 0.717) is 0 Å². The topological polar surface area (TPSA) is 67.4 Å². The second-order valence-electron chi connectivity index (χ2n) is 7.06. The molecule has 0 unspecified atom stereocenters. The molecule has 0 heterocycles. The Morgan fingerprint density at radius 3 is 2.03 bits per heavy atom. The van der Waals surface area contributed by atoms with Crippen molar-refractivity contribution in [2.24, 2.45) is 0 Å². The molecule has 0 aliphatic carbocycles. The average Bonchev–Trinajstić information content (AvgIpc) is 2.83. The van der Waals surface area contributed by atoms with E-state index in [1.807, 2.05) is 35.6 Å². The van der Waals surface area contributed by atoms with E-state index >= 15 is 0 Å². The molecule has 0 aliphatic heterocycles. The van der Waals surface area contributed by atoms with Gasteiger partial charge in [-0.05, 0) is 35.7 Å². The van der Waals surface area contributed by atoms with Crippen molar-refractivity contribution in [3.8, 4) is 5.75 Å². The summed E-state index contributed by atoms with van der Waals surface area (Å²) in [7, 11) is 0. The summed E-state index contributed by atoms with van der Waals surface area (Å²) in [6, 6.07) is 18.9. The van der Waals surface area contributed by atoms with E-state index in [-0.39, 0.29) is 24.5 Å². The number of carbonyl (C=O) groups is 2. The van der Waals surface area contributed by atoms with E-state index in [0.717, 1.165) is 23.3 Å². The number of rotatable bonds is 6. The van der Waals surface area contributed by atoms with Crippen LogP contribution in [-0.2, 0) is 19.3 Å². The van der Waals surface area contributed by atoms with Gasteiger partial charge in [0.15, 0.2) is 0 Å². The maximum absolute atomic E-state index is 13.6. The third kappa shape index (κ3) is 7.51. The number of halogens is 3. The molecule has 3 amide bonds. The zero-order valence-electron chi connectivity index (χ0n) is 18.6. The van der Waals surface area contributed by atoms with Crippen LogP contribution >= 0.6 is 0 Å². The number of nitrogens with one attached hydrogen (secondary N) is 2. The Bertz CT molecular complexity index is 1100. The van der Waals surface area contributed by atoms with Crippen molar-refractivity contribution in [1.82, 2.24) is 10.6 Å². The van der Waals surface area contributed by atoms with Crippen LogP contribution in [0, 0.1) is 6.92 Å². The number of benzene rings is 3. The highest BCUT2D eigenvalue weighted by Crippen LogP contribution is 2.36. The van der Waals surface area contributed by atoms with Crippen LogP contribution < -0.4 is 15.4 Å². The molecular weight excluding hydrogens is 445 g/mol. The predicted octanol–water partition coefficient (Wildman–Crippen LogP) is 6.03. The molecule has 0 radical (unpaired) electrons. The molecule has 178 valence electrons. The second-order valence-corrected chi connectivity index (χ2v) is 7.06. The lowest BCUT2D eigenvalue weighted by Gasteiger charge is -2.17. The number of urea groups is 1. The smallest absolute Gasteiger partial charge is 0.417 e. The molecular formula is C26H25F3N2O3. The summed E-state index contributed by atoms with van der Waals surface area (Å²) >= 11 is 0. The van der Waals surface area contributed by atoms with Gasteiger partial charge < -0.3 is 10.1 Å². The minimum Gasteiger partial charge on any atom is -0.489 e. The molecule has 3 aromatic rings. The number of hydrogen-bond donors (Lipinski definition) is 2. The molecule has 0 spiro atoms. The van der Waals surface area contributed by atoms with Crippen LogP contribution in [-0.4, -0.2) is 11.9 Å². The van der Waals surface area contributed by atoms with Gasteiger partial charge in [0, 0.05) is 6.54 Å². The van der Waals surface area contributed by atoms with E-state index in [4.69, 9.17) is 4.74 Å². The van der Waals surface area contributed by atoms with Crippen molar-refractivity contribution in [1.29, 1.82) is 0 Å². The second kappa shape index (κ2) is 12.2. The summed E-state index contributed by atoms with van der Waals surface area (Å²) < 4.78 is 46.3. The Hall–Kier alpha value is -4.07. The molecule has 34 heavy (non-hydrogen) atoms.